The predicted octanol–water partition coefficient (Wildman–Crippen LogP) is 4.03. The summed E-state index contributed by atoms with van der Waals surface area (Å²) in [7, 11) is 3.79. The molecule has 2 aromatic carbocycles. The first-order valence-electron chi connectivity index (χ1n) is 8.63. The van der Waals surface area contributed by atoms with Crippen molar-refractivity contribution in [3.8, 4) is 0 Å². The highest BCUT2D eigenvalue weighted by atomic mass is 16.5. The van der Waals surface area contributed by atoms with Gasteiger partial charge in [-0.3, -0.25) is 0 Å². The minimum Gasteiger partial charge on any atom is -0.460 e. The molecule has 0 saturated carbocycles. The van der Waals surface area contributed by atoms with Gasteiger partial charge in [-0.15, -0.1) is 0 Å². The molecule has 0 N–H and O–H groups in total. The highest BCUT2D eigenvalue weighted by molar-refractivity contribution is 5.96. The van der Waals surface area contributed by atoms with Crippen LogP contribution in [-0.4, -0.2) is 32.6 Å². The molecule has 0 saturated heterocycles. The normalized spacial score (nSPS) is 10.6. The molecule has 3 aromatic rings. The fraction of sp³-hybridized carbons (Fsp3) is 0.238. The number of nitrogens with zero attached hydrogens (tertiary/aromatic N) is 1. The number of carbonyl (C=O) groups excluding carboxylic acids is 2. The number of ether oxygens (including phenoxy) is 2. The summed E-state index contributed by atoms with van der Waals surface area (Å²) < 4.78 is 16.1. The van der Waals surface area contributed by atoms with Crippen LogP contribution in [0.5, 0.6) is 0 Å². The maximum atomic E-state index is 12.5. The van der Waals surface area contributed by atoms with Gasteiger partial charge in [0.1, 0.15) is 12.2 Å². The Morgan fingerprint density at radius 2 is 1.78 bits per heavy atom. The number of carbonyl (C=O) groups is 2. The highest BCUT2D eigenvalue weighted by Gasteiger charge is 2.23. The standard InChI is InChI=1S/C21H21NO5/c1-4-25-21(24)19-17(16-10-5-6-11-18(16)27-19)13-26-20(23)14-8-7-9-15(12-14)22(2)3/h5-12H,4,13H2,1-3H3. The van der Waals surface area contributed by atoms with Crippen LogP contribution in [0.2, 0.25) is 0 Å². The van der Waals surface area contributed by atoms with E-state index in [4.69, 9.17) is 13.9 Å². The lowest BCUT2D eigenvalue weighted by Crippen LogP contribution is -2.12. The number of rotatable bonds is 6. The molecule has 1 aromatic heterocycles. The number of benzene rings is 2. The summed E-state index contributed by atoms with van der Waals surface area (Å²) in [4.78, 5) is 26.6. The van der Waals surface area contributed by atoms with E-state index in [1.807, 2.05) is 43.3 Å². The largest absolute Gasteiger partial charge is 0.460 e. The van der Waals surface area contributed by atoms with E-state index in [2.05, 4.69) is 0 Å². The smallest absolute Gasteiger partial charge is 0.374 e. The molecule has 0 aliphatic carbocycles. The first-order valence-corrected chi connectivity index (χ1v) is 8.63. The van der Waals surface area contributed by atoms with Crippen molar-refractivity contribution in [1.29, 1.82) is 0 Å². The van der Waals surface area contributed by atoms with E-state index >= 15 is 0 Å². The molecule has 6 heteroatoms. The van der Waals surface area contributed by atoms with Crippen LogP contribution >= 0.6 is 0 Å². The lowest BCUT2D eigenvalue weighted by atomic mass is 10.1. The van der Waals surface area contributed by atoms with Gasteiger partial charge in [0.15, 0.2) is 0 Å². The van der Waals surface area contributed by atoms with Gasteiger partial charge in [-0.1, -0.05) is 24.3 Å². The van der Waals surface area contributed by atoms with E-state index in [1.54, 1.807) is 31.2 Å². The lowest BCUT2D eigenvalue weighted by molar-refractivity contribution is 0.0435. The second kappa shape index (κ2) is 7.95. The number of para-hydroxylation sites is 1. The average molecular weight is 367 g/mol. The first-order chi connectivity index (χ1) is 13.0. The van der Waals surface area contributed by atoms with E-state index in [0.717, 1.165) is 11.1 Å². The van der Waals surface area contributed by atoms with Crippen LogP contribution in [0.1, 0.15) is 33.4 Å². The molecule has 3 rings (SSSR count). The molecule has 0 aliphatic rings. The van der Waals surface area contributed by atoms with Crippen LogP contribution in [0.4, 0.5) is 5.69 Å². The number of fused-ring (bicyclic) bond motifs is 1. The summed E-state index contributed by atoms with van der Waals surface area (Å²) in [6.07, 6.45) is 0. The fourth-order valence-electron chi connectivity index (χ4n) is 2.74. The lowest BCUT2D eigenvalue weighted by Gasteiger charge is -2.13. The molecule has 0 atom stereocenters. The molecule has 6 nitrogen and oxygen atoms in total. The van der Waals surface area contributed by atoms with Crippen molar-refractivity contribution in [2.75, 3.05) is 25.6 Å². The van der Waals surface area contributed by atoms with Crippen LogP contribution in [0, 0.1) is 0 Å². The zero-order valence-electron chi connectivity index (χ0n) is 15.5. The average Bonchev–Trinajstić information content (AvgIpc) is 3.05. The molecule has 140 valence electrons. The Labute approximate surface area is 157 Å². The Bertz CT molecular complexity index is 974. The third-order valence-electron chi connectivity index (χ3n) is 4.10. The van der Waals surface area contributed by atoms with Gasteiger partial charge in [0.05, 0.1) is 17.7 Å². The van der Waals surface area contributed by atoms with Crippen LogP contribution in [0.25, 0.3) is 11.0 Å². The third-order valence-corrected chi connectivity index (χ3v) is 4.10. The zero-order chi connectivity index (χ0) is 19.4. The molecule has 0 bridgehead atoms. The molecule has 0 radical (unpaired) electrons. The summed E-state index contributed by atoms with van der Waals surface area (Å²) in [5.74, 6) is -0.985. The van der Waals surface area contributed by atoms with Crippen LogP contribution in [0.15, 0.2) is 52.9 Å². The molecular formula is C21H21NO5. The van der Waals surface area contributed by atoms with Crippen molar-refractivity contribution >= 4 is 28.6 Å². The van der Waals surface area contributed by atoms with Gasteiger partial charge in [-0.05, 0) is 31.2 Å². The SMILES string of the molecule is CCOC(=O)c1oc2ccccc2c1COC(=O)c1cccc(N(C)C)c1. The Balaban J connectivity index is 1.86. The second-order valence-corrected chi connectivity index (χ2v) is 6.15. The van der Waals surface area contributed by atoms with Crippen LogP contribution < -0.4 is 4.90 Å². The molecule has 0 unspecified atom stereocenters. The first kappa shape index (κ1) is 18.5. The van der Waals surface area contributed by atoms with E-state index in [1.165, 1.54) is 0 Å². The van der Waals surface area contributed by atoms with Crippen molar-refractivity contribution in [1.82, 2.24) is 0 Å². The molecular weight excluding hydrogens is 346 g/mol. The van der Waals surface area contributed by atoms with Crippen molar-refractivity contribution in [2.24, 2.45) is 0 Å². The zero-order valence-corrected chi connectivity index (χ0v) is 15.5. The Morgan fingerprint density at radius 1 is 1.00 bits per heavy atom. The summed E-state index contributed by atoms with van der Waals surface area (Å²) in [6.45, 7) is 1.86. The van der Waals surface area contributed by atoms with Gasteiger partial charge >= 0.3 is 11.9 Å². The van der Waals surface area contributed by atoms with Crippen molar-refractivity contribution in [3.05, 3.63) is 65.4 Å². The minimum atomic E-state index is -0.575. The van der Waals surface area contributed by atoms with E-state index in [9.17, 15) is 9.59 Å². The van der Waals surface area contributed by atoms with Gasteiger partial charge in [-0.2, -0.15) is 0 Å². The van der Waals surface area contributed by atoms with Gasteiger partial charge in [-0.25, -0.2) is 9.59 Å². The summed E-state index contributed by atoms with van der Waals surface area (Å²) in [5, 5.41) is 0.718. The van der Waals surface area contributed by atoms with Crippen molar-refractivity contribution in [3.63, 3.8) is 0 Å². The van der Waals surface area contributed by atoms with Gasteiger partial charge < -0.3 is 18.8 Å². The topological polar surface area (TPSA) is 69.0 Å². The van der Waals surface area contributed by atoms with E-state index in [-0.39, 0.29) is 19.0 Å². The molecule has 27 heavy (non-hydrogen) atoms. The number of esters is 2. The van der Waals surface area contributed by atoms with E-state index in [0.29, 0.717) is 16.7 Å². The fourth-order valence-corrected chi connectivity index (χ4v) is 2.74. The summed E-state index contributed by atoms with van der Waals surface area (Å²) in [6, 6.07) is 14.4. The van der Waals surface area contributed by atoms with Crippen LogP contribution in [-0.2, 0) is 16.1 Å². The second-order valence-electron chi connectivity index (χ2n) is 6.15. The number of hydrogen-bond acceptors (Lipinski definition) is 6. The molecule has 0 spiro atoms. The summed E-state index contributed by atoms with van der Waals surface area (Å²) >= 11 is 0. The molecule has 0 fully saturated rings. The molecule has 0 aliphatic heterocycles. The minimum absolute atomic E-state index is 0.0629. The Kier molecular flexibility index (Phi) is 5.45. The third kappa shape index (κ3) is 3.95. The number of furan rings is 1. The van der Waals surface area contributed by atoms with Gasteiger partial charge in [0.2, 0.25) is 5.76 Å². The number of anilines is 1. The number of hydrogen-bond donors (Lipinski definition) is 0. The maximum Gasteiger partial charge on any atom is 0.374 e. The maximum absolute atomic E-state index is 12.5. The Hall–Kier alpha value is -3.28. The van der Waals surface area contributed by atoms with Gasteiger partial charge in [0.25, 0.3) is 0 Å². The Morgan fingerprint density at radius 3 is 2.52 bits per heavy atom. The quantitative estimate of drug-likeness (QED) is 0.613. The van der Waals surface area contributed by atoms with Gasteiger partial charge in [0, 0.05) is 25.2 Å². The molecule has 1 heterocycles. The molecule has 0 amide bonds. The highest BCUT2D eigenvalue weighted by Crippen LogP contribution is 2.27. The summed E-state index contributed by atoms with van der Waals surface area (Å²) in [5.41, 5.74) is 2.37. The van der Waals surface area contributed by atoms with Crippen molar-refractivity contribution in [2.45, 2.75) is 13.5 Å². The monoisotopic (exact) mass is 367 g/mol. The van der Waals surface area contributed by atoms with Crippen molar-refractivity contribution < 1.29 is 23.5 Å². The predicted molar refractivity (Wildman–Crippen MR) is 102 cm³/mol. The van der Waals surface area contributed by atoms with E-state index < -0.39 is 11.9 Å². The van der Waals surface area contributed by atoms with Crippen LogP contribution in [0.3, 0.4) is 0 Å².